The second-order valence-corrected chi connectivity index (χ2v) is 6.18. The number of hydrogen-bond acceptors (Lipinski definition) is 2. The van der Waals surface area contributed by atoms with Crippen molar-refractivity contribution in [1.29, 1.82) is 0 Å². The molecule has 0 radical (unpaired) electrons. The largest absolute Gasteiger partial charge is 0.481 e. The van der Waals surface area contributed by atoms with Crippen LogP contribution in [-0.4, -0.2) is 16.9 Å². The van der Waals surface area contributed by atoms with Gasteiger partial charge in [-0.2, -0.15) is 0 Å². The highest BCUT2D eigenvalue weighted by atomic mass is 16.4. The van der Waals surface area contributed by atoms with E-state index in [9.17, 15) is 9.59 Å². The fourth-order valence-corrected chi connectivity index (χ4v) is 3.53. The summed E-state index contributed by atoms with van der Waals surface area (Å²) in [5.74, 6) is -0.607. The Kier molecular flexibility index (Phi) is 3.35. The highest BCUT2D eigenvalue weighted by Crippen LogP contribution is 2.51. The first-order chi connectivity index (χ1) is 8.36. The molecule has 0 aromatic heterocycles. The van der Waals surface area contributed by atoms with Crippen LogP contribution in [0.25, 0.3) is 0 Å². The second kappa shape index (κ2) is 4.52. The maximum absolute atomic E-state index is 12.1. The zero-order valence-electron chi connectivity index (χ0n) is 11.4. The van der Waals surface area contributed by atoms with Gasteiger partial charge in [0.2, 0.25) is 0 Å². The van der Waals surface area contributed by atoms with Crippen LogP contribution in [0.3, 0.4) is 0 Å². The molecule has 1 unspecified atom stereocenters. The van der Waals surface area contributed by atoms with Crippen LogP contribution in [0.15, 0.2) is 11.6 Å². The average Bonchev–Trinajstić information content (AvgIpc) is 2.30. The van der Waals surface area contributed by atoms with Gasteiger partial charge in [-0.15, -0.1) is 0 Å². The molecule has 2 aliphatic rings. The first kappa shape index (κ1) is 13.3. The molecular weight excluding hydrogens is 228 g/mol. The summed E-state index contributed by atoms with van der Waals surface area (Å²) in [6.45, 7) is 6.03. The number of carboxylic acid groups (broad SMARTS) is 1. The minimum absolute atomic E-state index is 0.00516. The third-order valence-corrected chi connectivity index (χ3v) is 5.19. The summed E-state index contributed by atoms with van der Waals surface area (Å²) in [5, 5.41) is 9.10. The zero-order chi connectivity index (χ0) is 13.5. The maximum Gasteiger partial charge on any atom is 0.310 e. The van der Waals surface area contributed by atoms with Crippen molar-refractivity contribution in [2.24, 2.45) is 23.2 Å². The highest BCUT2D eigenvalue weighted by Gasteiger charge is 2.45. The molecule has 0 aromatic rings. The number of hydrogen-bond donors (Lipinski definition) is 1. The number of fused-ring (bicyclic) bond motifs is 1. The van der Waals surface area contributed by atoms with E-state index in [-0.39, 0.29) is 11.2 Å². The number of carbonyl (C=O) groups excluding carboxylic acids is 1. The van der Waals surface area contributed by atoms with E-state index in [1.807, 2.05) is 6.08 Å². The molecule has 100 valence electrons. The molecule has 4 atom stereocenters. The molecule has 1 fully saturated rings. The molecule has 3 nitrogen and oxygen atoms in total. The van der Waals surface area contributed by atoms with Gasteiger partial charge in [-0.25, -0.2) is 0 Å². The Bertz CT molecular complexity index is 410. The summed E-state index contributed by atoms with van der Waals surface area (Å²) in [7, 11) is 0. The van der Waals surface area contributed by atoms with Gasteiger partial charge in [-0.3, -0.25) is 9.59 Å². The van der Waals surface area contributed by atoms with E-state index >= 15 is 0 Å². The van der Waals surface area contributed by atoms with Crippen LogP contribution in [0.4, 0.5) is 0 Å². The van der Waals surface area contributed by atoms with Crippen LogP contribution < -0.4 is 0 Å². The normalized spacial score (nSPS) is 37.7. The van der Waals surface area contributed by atoms with Crippen LogP contribution in [0.5, 0.6) is 0 Å². The van der Waals surface area contributed by atoms with Gasteiger partial charge in [-0.1, -0.05) is 26.3 Å². The van der Waals surface area contributed by atoms with Gasteiger partial charge < -0.3 is 5.11 Å². The quantitative estimate of drug-likeness (QED) is 0.819. The number of ketones is 1. The van der Waals surface area contributed by atoms with E-state index in [0.717, 1.165) is 6.42 Å². The molecule has 1 saturated carbocycles. The first-order valence-electron chi connectivity index (χ1n) is 6.85. The summed E-state index contributed by atoms with van der Waals surface area (Å²) < 4.78 is 0. The molecule has 0 saturated heterocycles. The smallest absolute Gasteiger partial charge is 0.310 e. The van der Waals surface area contributed by atoms with Crippen LogP contribution >= 0.6 is 0 Å². The van der Waals surface area contributed by atoms with Gasteiger partial charge in [0.05, 0.1) is 5.92 Å². The molecule has 2 rings (SSSR count). The molecule has 0 amide bonds. The van der Waals surface area contributed by atoms with Gasteiger partial charge in [0.1, 0.15) is 0 Å². The van der Waals surface area contributed by atoms with E-state index in [1.165, 1.54) is 12.8 Å². The molecule has 0 aliphatic heterocycles. The lowest BCUT2D eigenvalue weighted by Crippen LogP contribution is -2.42. The maximum atomic E-state index is 12.1. The Hall–Kier alpha value is -1.12. The molecular formula is C15H22O3. The summed E-state index contributed by atoms with van der Waals surface area (Å²) >= 11 is 0. The van der Waals surface area contributed by atoms with Gasteiger partial charge in [0.25, 0.3) is 0 Å². The van der Waals surface area contributed by atoms with Gasteiger partial charge >= 0.3 is 5.97 Å². The van der Waals surface area contributed by atoms with Crippen molar-refractivity contribution in [3.05, 3.63) is 11.6 Å². The molecule has 2 aliphatic carbocycles. The monoisotopic (exact) mass is 250 g/mol. The fourth-order valence-electron chi connectivity index (χ4n) is 3.53. The standard InChI is InChI=1S/C15H22O3/c1-9-5-4-6-11-7-13(16)12(8-15(9,11)3)10(2)14(17)18/h8-11H,4-7H2,1-3H3,(H,17,18)/t9-,10?,11+,15+/m0/s1. The Morgan fingerprint density at radius 3 is 2.78 bits per heavy atom. The van der Waals surface area contributed by atoms with Crippen molar-refractivity contribution in [1.82, 2.24) is 0 Å². The summed E-state index contributed by atoms with van der Waals surface area (Å²) in [6, 6.07) is 0. The number of rotatable bonds is 2. The molecule has 1 N–H and O–H groups in total. The predicted octanol–water partition coefficient (Wildman–Crippen LogP) is 3.05. The third-order valence-electron chi connectivity index (χ3n) is 5.19. The van der Waals surface area contributed by atoms with Gasteiger partial charge in [0, 0.05) is 12.0 Å². The van der Waals surface area contributed by atoms with E-state index in [4.69, 9.17) is 5.11 Å². The minimum atomic E-state index is -0.903. The van der Waals surface area contributed by atoms with Crippen molar-refractivity contribution >= 4 is 11.8 Å². The number of carbonyl (C=O) groups is 2. The molecule has 0 spiro atoms. The topological polar surface area (TPSA) is 54.4 Å². The van der Waals surface area contributed by atoms with Crippen molar-refractivity contribution < 1.29 is 14.7 Å². The van der Waals surface area contributed by atoms with E-state index in [2.05, 4.69) is 13.8 Å². The summed E-state index contributed by atoms with van der Waals surface area (Å²) in [6.07, 6.45) is 5.98. The summed E-state index contributed by atoms with van der Waals surface area (Å²) in [4.78, 5) is 23.2. The molecule has 0 aromatic carbocycles. The van der Waals surface area contributed by atoms with Crippen molar-refractivity contribution in [2.45, 2.75) is 46.5 Å². The van der Waals surface area contributed by atoms with Crippen LogP contribution in [0, 0.1) is 23.2 Å². The number of Topliss-reactive ketones (excluding diaryl/α,β-unsaturated/α-hetero) is 1. The van der Waals surface area contributed by atoms with Crippen molar-refractivity contribution in [3.8, 4) is 0 Å². The lowest BCUT2D eigenvalue weighted by molar-refractivity contribution is -0.141. The molecule has 0 heterocycles. The average molecular weight is 250 g/mol. The van der Waals surface area contributed by atoms with Crippen molar-refractivity contribution in [3.63, 3.8) is 0 Å². The number of carboxylic acids is 1. The lowest BCUT2D eigenvalue weighted by atomic mass is 9.56. The number of allylic oxidation sites excluding steroid dienone is 1. The van der Waals surface area contributed by atoms with E-state index < -0.39 is 11.9 Å². The summed E-state index contributed by atoms with van der Waals surface area (Å²) in [5.41, 5.74) is 0.528. The van der Waals surface area contributed by atoms with Gasteiger partial charge in [-0.05, 0) is 37.0 Å². The number of aliphatic carboxylic acids is 1. The van der Waals surface area contributed by atoms with Gasteiger partial charge in [0.15, 0.2) is 5.78 Å². The van der Waals surface area contributed by atoms with Crippen LogP contribution in [0.1, 0.15) is 46.5 Å². The third kappa shape index (κ3) is 2.00. The van der Waals surface area contributed by atoms with E-state index in [0.29, 0.717) is 23.8 Å². The van der Waals surface area contributed by atoms with Crippen LogP contribution in [-0.2, 0) is 9.59 Å². The Morgan fingerprint density at radius 2 is 2.17 bits per heavy atom. The SMILES string of the molecule is CC(C(=O)O)C1=C[C@@]2(C)[C@H](CCC[C@@H]2C)CC1=O. The molecule has 18 heavy (non-hydrogen) atoms. The zero-order valence-corrected chi connectivity index (χ0v) is 11.4. The molecule has 0 bridgehead atoms. The first-order valence-corrected chi connectivity index (χ1v) is 6.85. The highest BCUT2D eigenvalue weighted by molar-refractivity contribution is 6.01. The fraction of sp³-hybridized carbons (Fsp3) is 0.733. The molecule has 3 heteroatoms. The Balaban J connectivity index is 2.39. The Labute approximate surface area is 108 Å². The lowest BCUT2D eigenvalue weighted by Gasteiger charge is -2.47. The van der Waals surface area contributed by atoms with E-state index in [1.54, 1.807) is 6.92 Å². The Morgan fingerprint density at radius 1 is 1.50 bits per heavy atom. The second-order valence-electron chi connectivity index (χ2n) is 6.18. The minimum Gasteiger partial charge on any atom is -0.481 e. The van der Waals surface area contributed by atoms with Crippen molar-refractivity contribution in [2.75, 3.05) is 0 Å². The van der Waals surface area contributed by atoms with Crippen LogP contribution in [0.2, 0.25) is 0 Å². The predicted molar refractivity (Wildman–Crippen MR) is 69.1 cm³/mol.